The van der Waals surface area contributed by atoms with Gasteiger partial charge in [0.2, 0.25) is 0 Å². The molecule has 1 amide bonds. The molecule has 0 saturated carbocycles. The molecule has 32 heavy (non-hydrogen) atoms. The van der Waals surface area contributed by atoms with Crippen LogP contribution in [0.2, 0.25) is 0 Å². The zero-order valence-electron chi connectivity index (χ0n) is 17.8. The maximum atomic E-state index is 13.8. The number of carboxylic acids is 1. The SMILES string of the molecule is CCOc1ccc2oc(-c3ccccc3)c(C(=O)N(CC(=O)O)Cc3nc[nH]c3C)c2c1. The molecule has 0 fully saturated rings. The average molecular weight is 433 g/mol. The molecule has 8 nitrogen and oxygen atoms in total. The van der Waals surface area contributed by atoms with E-state index in [2.05, 4.69) is 9.97 Å². The van der Waals surface area contributed by atoms with Gasteiger partial charge in [-0.1, -0.05) is 30.3 Å². The van der Waals surface area contributed by atoms with E-state index in [-0.39, 0.29) is 6.54 Å². The molecule has 2 aromatic heterocycles. The number of rotatable bonds is 8. The second kappa shape index (κ2) is 8.97. The Hall–Kier alpha value is -4.07. The van der Waals surface area contributed by atoms with E-state index < -0.39 is 18.4 Å². The first kappa shape index (κ1) is 21.2. The Morgan fingerprint density at radius 2 is 1.97 bits per heavy atom. The molecule has 4 rings (SSSR count). The lowest BCUT2D eigenvalue weighted by Gasteiger charge is -2.20. The van der Waals surface area contributed by atoms with Crippen molar-refractivity contribution in [1.29, 1.82) is 0 Å². The van der Waals surface area contributed by atoms with Crippen molar-refractivity contribution in [3.63, 3.8) is 0 Å². The first-order chi connectivity index (χ1) is 15.5. The number of furan rings is 1. The van der Waals surface area contributed by atoms with Crippen molar-refractivity contribution in [1.82, 2.24) is 14.9 Å². The van der Waals surface area contributed by atoms with Gasteiger partial charge in [-0.3, -0.25) is 9.59 Å². The summed E-state index contributed by atoms with van der Waals surface area (Å²) in [4.78, 5) is 33.8. The van der Waals surface area contributed by atoms with Gasteiger partial charge < -0.3 is 24.1 Å². The van der Waals surface area contributed by atoms with Gasteiger partial charge in [0, 0.05) is 16.6 Å². The number of benzene rings is 2. The largest absolute Gasteiger partial charge is 0.494 e. The number of amides is 1. The lowest BCUT2D eigenvalue weighted by molar-refractivity contribution is -0.137. The Bertz CT molecular complexity index is 1260. The van der Waals surface area contributed by atoms with Crippen LogP contribution in [0.25, 0.3) is 22.3 Å². The fourth-order valence-electron chi connectivity index (χ4n) is 3.59. The fraction of sp³-hybridized carbons (Fsp3) is 0.208. The molecule has 0 spiro atoms. The Labute approximate surface area is 184 Å². The Morgan fingerprint density at radius 3 is 2.62 bits per heavy atom. The summed E-state index contributed by atoms with van der Waals surface area (Å²) < 4.78 is 11.7. The molecule has 0 radical (unpaired) electrons. The second-order valence-corrected chi connectivity index (χ2v) is 7.29. The van der Waals surface area contributed by atoms with Crippen LogP contribution in [0, 0.1) is 6.92 Å². The van der Waals surface area contributed by atoms with Gasteiger partial charge in [-0.2, -0.15) is 0 Å². The molecule has 8 heteroatoms. The topological polar surface area (TPSA) is 109 Å². The fourth-order valence-corrected chi connectivity index (χ4v) is 3.59. The minimum Gasteiger partial charge on any atom is -0.494 e. The number of ether oxygens (including phenoxy) is 1. The Balaban J connectivity index is 1.86. The molecule has 2 aromatic carbocycles. The number of aryl methyl sites for hydroxylation is 1. The molecule has 0 aliphatic rings. The molecule has 2 N–H and O–H groups in total. The number of aliphatic carboxylic acids is 1. The third kappa shape index (κ3) is 4.20. The molecule has 0 unspecified atom stereocenters. The lowest BCUT2D eigenvalue weighted by atomic mass is 10.0. The molecule has 4 aromatic rings. The summed E-state index contributed by atoms with van der Waals surface area (Å²) >= 11 is 0. The number of aromatic nitrogens is 2. The van der Waals surface area contributed by atoms with Crippen LogP contribution in [-0.4, -0.2) is 45.0 Å². The number of imidazole rings is 1. The number of carboxylic acid groups (broad SMARTS) is 1. The van der Waals surface area contributed by atoms with Crippen LogP contribution >= 0.6 is 0 Å². The molecular weight excluding hydrogens is 410 g/mol. The Kier molecular flexibility index (Phi) is 5.93. The maximum absolute atomic E-state index is 13.8. The summed E-state index contributed by atoms with van der Waals surface area (Å²) in [6, 6.07) is 14.5. The number of nitrogens with zero attached hydrogens (tertiary/aromatic N) is 2. The summed E-state index contributed by atoms with van der Waals surface area (Å²) in [7, 11) is 0. The monoisotopic (exact) mass is 433 g/mol. The average Bonchev–Trinajstić information content (AvgIpc) is 3.36. The van der Waals surface area contributed by atoms with Crippen LogP contribution < -0.4 is 4.74 Å². The molecule has 0 aliphatic carbocycles. The van der Waals surface area contributed by atoms with Gasteiger partial charge in [0.1, 0.15) is 23.6 Å². The number of H-pyrrole nitrogens is 1. The highest BCUT2D eigenvalue weighted by molar-refractivity contribution is 6.11. The van der Waals surface area contributed by atoms with Gasteiger partial charge in [-0.25, -0.2) is 4.98 Å². The quantitative estimate of drug-likeness (QED) is 0.430. The van der Waals surface area contributed by atoms with Crippen LogP contribution in [0.1, 0.15) is 28.7 Å². The normalized spacial score (nSPS) is 10.9. The standard InChI is InChI=1S/C24H23N3O5/c1-3-31-17-9-10-20-18(11-17)22(23(32-20)16-7-5-4-6-8-16)24(30)27(13-21(28)29)12-19-15(2)25-14-26-19/h4-11,14H,3,12-13H2,1-2H3,(H,25,26)(H,28,29). The van der Waals surface area contributed by atoms with Crippen LogP contribution in [-0.2, 0) is 11.3 Å². The van der Waals surface area contributed by atoms with E-state index in [0.29, 0.717) is 40.3 Å². The third-order valence-electron chi connectivity index (χ3n) is 5.11. The minimum absolute atomic E-state index is 0.0481. The van der Waals surface area contributed by atoms with Gasteiger partial charge in [0.05, 0.1) is 30.7 Å². The van der Waals surface area contributed by atoms with Crippen molar-refractivity contribution in [2.24, 2.45) is 0 Å². The number of hydrogen-bond donors (Lipinski definition) is 2. The van der Waals surface area contributed by atoms with Gasteiger partial charge in [0.15, 0.2) is 0 Å². The van der Waals surface area contributed by atoms with E-state index >= 15 is 0 Å². The van der Waals surface area contributed by atoms with E-state index in [1.807, 2.05) is 44.2 Å². The molecule has 2 heterocycles. The van der Waals surface area contributed by atoms with Crippen molar-refractivity contribution in [2.75, 3.05) is 13.2 Å². The van der Waals surface area contributed by atoms with E-state index in [0.717, 1.165) is 11.3 Å². The maximum Gasteiger partial charge on any atom is 0.323 e. The molecule has 0 bridgehead atoms. The van der Waals surface area contributed by atoms with E-state index in [1.54, 1.807) is 18.2 Å². The van der Waals surface area contributed by atoms with Gasteiger partial charge in [-0.15, -0.1) is 0 Å². The van der Waals surface area contributed by atoms with Gasteiger partial charge in [0.25, 0.3) is 5.91 Å². The molecule has 164 valence electrons. The van der Waals surface area contributed by atoms with Crippen molar-refractivity contribution in [2.45, 2.75) is 20.4 Å². The summed E-state index contributed by atoms with van der Waals surface area (Å²) in [5.74, 6) is -0.590. The highest BCUT2D eigenvalue weighted by atomic mass is 16.5. The lowest BCUT2D eigenvalue weighted by Crippen LogP contribution is -2.35. The van der Waals surface area contributed by atoms with Crippen molar-refractivity contribution in [3.05, 3.63) is 71.8 Å². The zero-order valence-corrected chi connectivity index (χ0v) is 17.8. The van der Waals surface area contributed by atoms with Crippen LogP contribution in [0.5, 0.6) is 5.75 Å². The highest BCUT2D eigenvalue weighted by Gasteiger charge is 2.28. The number of nitrogens with one attached hydrogen (secondary N) is 1. The predicted octanol–water partition coefficient (Wildman–Crippen LogP) is 4.26. The van der Waals surface area contributed by atoms with Crippen LogP contribution in [0.3, 0.4) is 0 Å². The second-order valence-electron chi connectivity index (χ2n) is 7.29. The first-order valence-electron chi connectivity index (χ1n) is 10.2. The van der Waals surface area contributed by atoms with Crippen LogP contribution in [0.4, 0.5) is 0 Å². The summed E-state index contributed by atoms with van der Waals surface area (Å²) in [6.45, 7) is 3.75. The number of fused-ring (bicyclic) bond motifs is 1. The van der Waals surface area contributed by atoms with Crippen molar-refractivity contribution < 1.29 is 23.8 Å². The first-order valence-corrected chi connectivity index (χ1v) is 10.2. The van der Waals surface area contributed by atoms with E-state index in [1.165, 1.54) is 11.2 Å². The predicted molar refractivity (Wildman–Crippen MR) is 119 cm³/mol. The van der Waals surface area contributed by atoms with Crippen LogP contribution in [0.15, 0.2) is 59.3 Å². The number of carbonyl (C=O) groups is 2. The number of carbonyl (C=O) groups excluding carboxylic acids is 1. The molecule has 0 atom stereocenters. The summed E-state index contributed by atoms with van der Waals surface area (Å²) in [5.41, 5.74) is 2.90. The third-order valence-corrected chi connectivity index (χ3v) is 5.11. The van der Waals surface area contributed by atoms with Crippen molar-refractivity contribution >= 4 is 22.8 Å². The summed E-state index contributed by atoms with van der Waals surface area (Å²) in [6.07, 6.45) is 1.52. The zero-order chi connectivity index (χ0) is 22.7. The highest BCUT2D eigenvalue weighted by Crippen LogP contribution is 2.36. The number of aromatic amines is 1. The summed E-state index contributed by atoms with van der Waals surface area (Å²) in [5, 5.41) is 10.0. The Morgan fingerprint density at radius 1 is 1.19 bits per heavy atom. The van der Waals surface area contributed by atoms with Gasteiger partial charge in [-0.05, 0) is 32.0 Å². The molecule has 0 saturated heterocycles. The minimum atomic E-state index is -1.12. The van der Waals surface area contributed by atoms with Crippen molar-refractivity contribution in [3.8, 4) is 17.1 Å². The smallest absolute Gasteiger partial charge is 0.323 e. The van der Waals surface area contributed by atoms with E-state index in [9.17, 15) is 14.7 Å². The number of hydrogen-bond acceptors (Lipinski definition) is 5. The molecule has 0 aliphatic heterocycles. The van der Waals surface area contributed by atoms with Gasteiger partial charge >= 0.3 is 5.97 Å². The van der Waals surface area contributed by atoms with E-state index in [4.69, 9.17) is 9.15 Å². The molecular formula is C24H23N3O5.